The summed E-state index contributed by atoms with van der Waals surface area (Å²) in [6.45, 7) is 4.05. The molecule has 0 aliphatic heterocycles. The van der Waals surface area contributed by atoms with Gasteiger partial charge in [-0.05, 0) is 20.3 Å². The first-order valence-corrected chi connectivity index (χ1v) is 2.71. The van der Waals surface area contributed by atoms with Gasteiger partial charge in [0.15, 0.2) is 0 Å². The number of hydrogen-bond donors (Lipinski definition) is 3. The van der Waals surface area contributed by atoms with Crippen LogP contribution in [0.25, 0.3) is 0 Å². The normalized spacial score (nSPS) is 12.0. The first-order chi connectivity index (χ1) is 3.62. The smallest absolute Gasteiger partial charge is 0.0448 e. The molecule has 0 aromatic rings. The summed E-state index contributed by atoms with van der Waals surface area (Å²) >= 11 is 0. The third-order valence-electron chi connectivity index (χ3n) is 1.13. The zero-order valence-electron chi connectivity index (χ0n) is 5.44. The molecule has 0 rings (SSSR count). The summed E-state index contributed by atoms with van der Waals surface area (Å²) in [5.74, 6) is 5.13. The van der Waals surface area contributed by atoms with Crippen LogP contribution in [0.2, 0.25) is 0 Å². The monoisotopic (exact) mass is 118 g/mol. The molecule has 0 aromatic heterocycles. The number of nitrogens with one attached hydrogen (secondary N) is 1. The van der Waals surface area contributed by atoms with E-state index < -0.39 is 0 Å². The molecule has 0 saturated heterocycles. The van der Waals surface area contributed by atoms with Crippen LogP contribution in [0.3, 0.4) is 0 Å². The average Bonchev–Trinajstić information content (AvgIpc) is 1.67. The Hall–Kier alpha value is -0.120. The molecule has 0 unspecified atom stereocenters. The topological polar surface area (TPSA) is 58.3 Å². The van der Waals surface area contributed by atoms with E-state index in [-0.39, 0.29) is 12.1 Å². The molecule has 0 saturated carbocycles. The van der Waals surface area contributed by atoms with Crippen LogP contribution < -0.4 is 11.3 Å². The van der Waals surface area contributed by atoms with Crippen LogP contribution in [0.1, 0.15) is 20.3 Å². The molecule has 0 amide bonds. The number of hydrogen-bond acceptors (Lipinski definition) is 3. The van der Waals surface area contributed by atoms with Crippen LogP contribution in [0.5, 0.6) is 0 Å². The molecule has 50 valence electrons. The minimum absolute atomic E-state index is 0.130. The molecular weight excluding hydrogens is 104 g/mol. The maximum atomic E-state index is 8.44. The van der Waals surface area contributed by atoms with Gasteiger partial charge in [0.2, 0.25) is 0 Å². The summed E-state index contributed by atoms with van der Waals surface area (Å²) in [5, 5.41) is 8.44. The lowest BCUT2D eigenvalue weighted by Crippen LogP contribution is -2.44. The van der Waals surface area contributed by atoms with Gasteiger partial charge in [0.1, 0.15) is 0 Å². The second-order valence-corrected chi connectivity index (χ2v) is 2.50. The van der Waals surface area contributed by atoms with E-state index in [0.717, 1.165) is 0 Å². The fraction of sp³-hybridized carbons (Fsp3) is 1.00. The predicted octanol–water partition coefficient (Wildman–Crippen LogP) is -0.389. The van der Waals surface area contributed by atoms with E-state index in [4.69, 9.17) is 10.9 Å². The molecule has 0 fully saturated rings. The number of hydrazine groups is 1. The van der Waals surface area contributed by atoms with E-state index in [1.165, 1.54) is 0 Å². The molecule has 0 radical (unpaired) electrons. The summed E-state index contributed by atoms with van der Waals surface area (Å²) in [5.41, 5.74) is 2.45. The average molecular weight is 118 g/mol. The van der Waals surface area contributed by atoms with Gasteiger partial charge in [-0.15, -0.1) is 0 Å². The Morgan fingerprint density at radius 1 is 1.62 bits per heavy atom. The fourth-order valence-corrected chi connectivity index (χ4v) is 0.352. The van der Waals surface area contributed by atoms with Crippen molar-refractivity contribution in [3.63, 3.8) is 0 Å². The molecule has 0 aromatic carbocycles. The molecule has 0 aliphatic carbocycles. The Kier molecular flexibility index (Phi) is 2.97. The van der Waals surface area contributed by atoms with E-state index in [9.17, 15) is 0 Å². The van der Waals surface area contributed by atoms with Gasteiger partial charge in [-0.2, -0.15) is 0 Å². The molecule has 0 atom stereocenters. The van der Waals surface area contributed by atoms with E-state index >= 15 is 0 Å². The Labute approximate surface area is 49.9 Å². The van der Waals surface area contributed by atoms with Crippen molar-refractivity contribution >= 4 is 0 Å². The van der Waals surface area contributed by atoms with Crippen LogP contribution in [0.4, 0.5) is 0 Å². The van der Waals surface area contributed by atoms with Crippen molar-refractivity contribution in [1.82, 2.24) is 5.43 Å². The highest BCUT2D eigenvalue weighted by Gasteiger charge is 2.12. The molecule has 0 heterocycles. The van der Waals surface area contributed by atoms with Crippen molar-refractivity contribution in [3.05, 3.63) is 0 Å². The molecule has 0 aliphatic rings. The van der Waals surface area contributed by atoms with Crippen molar-refractivity contribution in [2.75, 3.05) is 6.61 Å². The Morgan fingerprint density at radius 2 is 2.12 bits per heavy atom. The van der Waals surface area contributed by atoms with Crippen molar-refractivity contribution in [2.24, 2.45) is 5.84 Å². The second kappa shape index (κ2) is 3.02. The Bertz CT molecular complexity index is 63.4. The second-order valence-electron chi connectivity index (χ2n) is 2.50. The molecule has 3 nitrogen and oxygen atoms in total. The summed E-state index contributed by atoms with van der Waals surface area (Å²) in [6, 6.07) is 0. The van der Waals surface area contributed by atoms with Gasteiger partial charge in [-0.25, -0.2) is 0 Å². The largest absolute Gasteiger partial charge is 0.396 e. The quantitative estimate of drug-likeness (QED) is 0.349. The summed E-state index contributed by atoms with van der Waals surface area (Å²) in [7, 11) is 0. The third kappa shape index (κ3) is 2.96. The molecule has 0 bridgehead atoms. The van der Waals surface area contributed by atoms with Crippen molar-refractivity contribution in [1.29, 1.82) is 0 Å². The Balaban J connectivity index is 3.37. The van der Waals surface area contributed by atoms with E-state index in [2.05, 4.69) is 5.43 Å². The summed E-state index contributed by atoms with van der Waals surface area (Å²) < 4.78 is 0. The molecule has 0 spiro atoms. The lowest BCUT2D eigenvalue weighted by Gasteiger charge is -2.21. The maximum Gasteiger partial charge on any atom is 0.0448 e. The lowest BCUT2D eigenvalue weighted by atomic mass is 10.0. The third-order valence-corrected chi connectivity index (χ3v) is 1.13. The van der Waals surface area contributed by atoms with Gasteiger partial charge < -0.3 is 5.11 Å². The highest BCUT2D eigenvalue weighted by atomic mass is 16.3. The number of aliphatic hydroxyl groups excluding tert-OH is 1. The SMILES string of the molecule is CC(C)(CCO)NN. The van der Waals surface area contributed by atoms with Gasteiger partial charge in [-0.3, -0.25) is 11.3 Å². The van der Waals surface area contributed by atoms with Crippen LogP contribution in [0.15, 0.2) is 0 Å². The first kappa shape index (κ1) is 7.88. The highest BCUT2D eigenvalue weighted by Crippen LogP contribution is 2.03. The number of nitrogens with two attached hydrogens (primary N) is 1. The van der Waals surface area contributed by atoms with Crippen molar-refractivity contribution in [3.8, 4) is 0 Å². The van der Waals surface area contributed by atoms with Gasteiger partial charge >= 0.3 is 0 Å². The van der Waals surface area contributed by atoms with Crippen LogP contribution in [0, 0.1) is 0 Å². The fourth-order valence-electron chi connectivity index (χ4n) is 0.352. The van der Waals surface area contributed by atoms with Crippen LogP contribution >= 0.6 is 0 Å². The summed E-state index contributed by atoms with van der Waals surface area (Å²) in [6.07, 6.45) is 0.684. The summed E-state index contributed by atoms with van der Waals surface area (Å²) in [4.78, 5) is 0. The van der Waals surface area contributed by atoms with Crippen molar-refractivity contribution in [2.45, 2.75) is 25.8 Å². The van der Waals surface area contributed by atoms with Crippen LogP contribution in [-0.2, 0) is 0 Å². The highest BCUT2D eigenvalue weighted by molar-refractivity contribution is 4.72. The molecule has 8 heavy (non-hydrogen) atoms. The zero-order chi connectivity index (χ0) is 6.62. The van der Waals surface area contributed by atoms with E-state index in [1.807, 2.05) is 13.8 Å². The van der Waals surface area contributed by atoms with Gasteiger partial charge in [-0.1, -0.05) is 0 Å². The standard InChI is InChI=1S/C5H14N2O/c1-5(2,7-6)3-4-8/h7-8H,3-4,6H2,1-2H3. The van der Waals surface area contributed by atoms with E-state index in [0.29, 0.717) is 6.42 Å². The molecular formula is C5H14N2O. The van der Waals surface area contributed by atoms with Gasteiger partial charge in [0.25, 0.3) is 0 Å². The van der Waals surface area contributed by atoms with E-state index in [1.54, 1.807) is 0 Å². The minimum Gasteiger partial charge on any atom is -0.396 e. The zero-order valence-corrected chi connectivity index (χ0v) is 5.44. The van der Waals surface area contributed by atoms with Gasteiger partial charge in [0, 0.05) is 12.1 Å². The maximum absolute atomic E-state index is 8.44. The minimum atomic E-state index is -0.130. The number of rotatable bonds is 3. The lowest BCUT2D eigenvalue weighted by molar-refractivity contribution is 0.232. The number of aliphatic hydroxyl groups is 1. The van der Waals surface area contributed by atoms with Crippen LogP contribution in [-0.4, -0.2) is 17.3 Å². The van der Waals surface area contributed by atoms with Gasteiger partial charge in [0.05, 0.1) is 0 Å². The Morgan fingerprint density at radius 3 is 2.25 bits per heavy atom. The van der Waals surface area contributed by atoms with Crippen molar-refractivity contribution < 1.29 is 5.11 Å². The molecule has 4 N–H and O–H groups in total. The molecule has 3 heteroatoms. The first-order valence-electron chi connectivity index (χ1n) is 2.71. The predicted molar refractivity (Wildman–Crippen MR) is 33.1 cm³/mol.